The Labute approximate surface area is 91.5 Å². The zero-order valence-corrected chi connectivity index (χ0v) is 9.23. The van der Waals surface area contributed by atoms with Gasteiger partial charge in [0.15, 0.2) is 0 Å². The minimum atomic E-state index is -0.701. The number of hydrogen-bond donors (Lipinski definition) is 2. The Hall–Kier alpha value is -1.63. The third kappa shape index (κ3) is 2.48. The number of nitrogens with two attached hydrogens (primary N) is 1. The first-order valence-electron chi connectivity index (χ1n) is 5.25. The van der Waals surface area contributed by atoms with Crippen molar-refractivity contribution in [2.45, 2.75) is 32.9 Å². The fourth-order valence-corrected chi connectivity index (χ4v) is 1.39. The van der Waals surface area contributed by atoms with Gasteiger partial charge in [-0.15, -0.1) is 0 Å². The number of aromatic amines is 1. The maximum Gasteiger partial charge on any atom is 0.336 e. The van der Waals surface area contributed by atoms with E-state index in [0.717, 1.165) is 15.6 Å². The van der Waals surface area contributed by atoms with Gasteiger partial charge in [-0.2, -0.15) is 0 Å². The summed E-state index contributed by atoms with van der Waals surface area (Å²) in [5, 5.41) is 0. The average molecular weight is 228 g/mol. The van der Waals surface area contributed by atoms with Gasteiger partial charge in [0, 0.05) is 19.6 Å². The largest absolute Gasteiger partial charge is 0.336 e. The van der Waals surface area contributed by atoms with E-state index in [1.54, 1.807) is 0 Å². The van der Waals surface area contributed by atoms with Gasteiger partial charge in [-0.3, -0.25) is 4.98 Å². The van der Waals surface area contributed by atoms with E-state index in [0.29, 0.717) is 13.0 Å². The van der Waals surface area contributed by atoms with Crippen molar-refractivity contribution in [1.82, 2.24) is 14.1 Å². The van der Waals surface area contributed by atoms with Crippen LogP contribution in [0.15, 0.2) is 14.4 Å². The molecule has 7 heteroatoms. The van der Waals surface area contributed by atoms with E-state index in [-0.39, 0.29) is 13.1 Å². The monoisotopic (exact) mass is 228 g/mol. The van der Waals surface area contributed by atoms with Crippen LogP contribution in [0.3, 0.4) is 0 Å². The molecule has 0 aliphatic rings. The molecule has 0 saturated heterocycles. The van der Waals surface area contributed by atoms with Crippen molar-refractivity contribution in [2.75, 3.05) is 6.54 Å². The van der Waals surface area contributed by atoms with E-state index in [2.05, 4.69) is 4.98 Å². The molecule has 1 heterocycles. The topological polar surface area (TPSA) is 103 Å². The van der Waals surface area contributed by atoms with Crippen LogP contribution in [-0.4, -0.2) is 20.7 Å². The lowest BCUT2D eigenvalue weighted by Crippen LogP contribution is -2.50. The van der Waals surface area contributed by atoms with Crippen LogP contribution >= 0.6 is 0 Å². The molecule has 0 bridgehead atoms. The quantitative estimate of drug-likeness (QED) is 0.637. The van der Waals surface area contributed by atoms with Gasteiger partial charge in [0.25, 0.3) is 0 Å². The molecule has 1 rings (SSSR count). The van der Waals surface area contributed by atoms with Crippen molar-refractivity contribution in [3.63, 3.8) is 0 Å². The molecule has 0 spiro atoms. The van der Waals surface area contributed by atoms with Crippen molar-refractivity contribution in [3.05, 3.63) is 31.5 Å². The molecule has 0 aliphatic carbocycles. The lowest BCUT2D eigenvalue weighted by molar-refractivity contribution is 0.498. The molecule has 0 saturated carbocycles. The summed E-state index contributed by atoms with van der Waals surface area (Å²) < 4.78 is 1.97. The lowest BCUT2D eigenvalue weighted by atomic mass is 10.3. The summed E-state index contributed by atoms with van der Waals surface area (Å²) in [5.74, 6) is 0. The molecule has 0 atom stereocenters. The molecule has 0 fully saturated rings. The fraction of sp³-hybridized carbons (Fsp3) is 0.667. The predicted molar refractivity (Wildman–Crippen MR) is 59.5 cm³/mol. The highest BCUT2D eigenvalue weighted by molar-refractivity contribution is 4.74. The third-order valence-corrected chi connectivity index (χ3v) is 2.25. The second-order valence-corrected chi connectivity index (χ2v) is 3.46. The number of H-pyrrole nitrogens is 1. The molecule has 0 unspecified atom stereocenters. The van der Waals surface area contributed by atoms with Crippen molar-refractivity contribution in [2.24, 2.45) is 5.73 Å². The summed E-state index contributed by atoms with van der Waals surface area (Å²) in [4.78, 5) is 36.6. The first kappa shape index (κ1) is 12.4. The first-order valence-corrected chi connectivity index (χ1v) is 5.25. The maximum atomic E-state index is 11.8. The SMILES string of the molecule is CCCCn1c(=O)[nH]c(=O)n(CCN)c1=O. The van der Waals surface area contributed by atoms with E-state index in [1.807, 2.05) is 6.92 Å². The zero-order valence-electron chi connectivity index (χ0n) is 9.23. The van der Waals surface area contributed by atoms with Crippen LogP contribution in [0.25, 0.3) is 0 Å². The number of rotatable bonds is 5. The Kier molecular flexibility index (Phi) is 4.24. The highest BCUT2D eigenvalue weighted by Gasteiger charge is 2.07. The molecule has 0 aromatic carbocycles. The molecule has 0 radical (unpaired) electrons. The van der Waals surface area contributed by atoms with Crippen LogP contribution in [0.1, 0.15) is 19.8 Å². The Morgan fingerprint density at radius 2 is 1.69 bits per heavy atom. The Morgan fingerprint density at radius 1 is 1.12 bits per heavy atom. The molecule has 7 nitrogen and oxygen atoms in total. The van der Waals surface area contributed by atoms with Crippen LogP contribution < -0.4 is 22.8 Å². The van der Waals surface area contributed by atoms with Crippen molar-refractivity contribution < 1.29 is 0 Å². The predicted octanol–water partition coefficient (Wildman–Crippen LogP) is -1.54. The lowest BCUT2D eigenvalue weighted by Gasteiger charge is -2.06. The van der Waals surface area contributed by atoms with Gasteiger partial charge in [0.05, 0.1) is 0 Å². The number of aromatic nitrogens is 3. The van der Waals surface area contributed by atoms with Crippen LogP contribution in [0.2, 0.25) is 0 Å². The van der Waals surface area contributed by atoms with E-state index in [9.17, 15) is 14.4 Å². The summed E-state index contributed by atoms with van der Waals surface area (Å²) in [6.45, 7) is 2.56. The second-order valence-electron chi connectivity index (χ2n) is 3.46. The highest BCUT2D eigenvalue weighted by atomic mass is 16.2. The smallest absolute Gasteiger partial charge is 0.329 e. The molecule has 90 valence electrons. The van der Waals surface area contributed by atoms with Crippen LogP contribution in [0.5, 0.6) is 0 Å². The fourth-order valence-electron chi connectivity index (χ4n) is 1.39. The Balaban J connectivity index is 3.28. The van der Waals surface area contributed by atoms with Crippen LogP contribution in [0.4, 0.5) is 0 Å². The van der Waals surface area contributed by atoms with Gasteiger partial charge in [-0.1, -0.05) is 13.3 Å². The normalized spacial score (nSPS) is 10.6. The zero-order chi connectivity index (χ0) is 12.1. The molecule has 0 aliphatic heterocycles. The summed E-state index contributed by atoms with van der Waals surface area (Å²) in [6, 6.07) is 0. The molecular weight excluding hydrogens is 212 g/mol. The van der Waals surface area contributed by atoms with Gasteiger partial charge in [-0.25, -0.2) is 23.5 Å². The van der Waals surface area contributed by atoms with Crippen LogP contribution in [-0.2, 0) is 13.1 Å². The van der Waals surface area contributed by atoms with Crippen LogP contribution in [0, 0.1) is 0 Å². The average Bonchev–Trinajstić information content (AvgIpc) is 2.24. The number of unbranched alkanes of at least 4 members (excludes halogenated alkanes) is 1. The van der Waals surface area contributed by atoms with Gasteiger partial charge in [-0.05, 0) is 6.42 Å². The minimum Gasteiger partial charge on any atom is -0.329 e. The van der Waals surface area contributed by atoms with Crippen molar-refractivity contribution in [3.8, 4) is 0 Å². The van der Waals surface area contributed by atoms with Crippen molar-refractivity contribution in [1.29, 1.82) is 0 Å². The Bertz CT molecular complexity index is 511. The molecule has 3 N–H and O–H groups in total. The van der Waals surface area contributed by atoms with Crippen molar-refractivity contribution >= 4 is 0 Å². The van der Waals surface area contributed by atoms with E-state index >= 15 is 0 Å². The molecule has 1 aromatic rings. The van der Waals surface area contributed by atoms with E-state index in [4.69, 9.17) is 5.73 Å². The molecular formula is C9H16N4O3. The number of hydrogen-bond acceptors (Lipinski definition) is 4. The van der Waals surface area contributed by atoms with E-state index in [1.165, 1.54) is 0 Å². The van der Waals surface area contributed by atoms with Gasteiger partial charge in [0.2, 0.25) is 0 Å². The number of nitrogens with one attached hydrogen (secondary N) is 1. The minimum absolute atomic E-state index is 0.112. The van der Waals surface area contributed by atoms with E-state index < -0.39 is 17.1 Å². The summed E-state index contributed by atoms with van der Waals surface area (Å²) in [5.41, 5.74) is 3.34. The standard InChI is InChI=1S/C9H16N4O3/c1-2-3-5-12-7(14)11-8(15)13(6-4-10)9(12)16/h2-6,10H2,1H3,(H,11,14,15). The maximum absolute atomic E-state index is 11.8. The highest BCUT2D eigenvalue weighted by Crippen LogP contribution is 1.86. The third-order valence-electron chi connectivity index (χ3n) is 2.25. The number of nitrogens with zero attached hydrogens (tertiary/aromatic N) is 2. The van der Waals surface area contributed by atoms with Gasteiger partial charge < -0.3 is 5.73 Å². The summed E-state index contributed by atoms with van der Waals surface area (Å²) in [6.07, 6.45) is 1.58. The second kappa shape index (κ2) is 5.45. The molecule has 16 heavy (non-hydrogen) atoms. The Morgan fingerprint density at radius 3 is 2.19 bits per heavy atom. The molecule has 0 amide bonds. The summed E-state index contributed by atoms with van der Waals surface area (Å²) >= 11 is 0. The van der Waals surface area contributed by atoms with Gasteiger partial charge >= 0.3 is 17.1 Å². The summed E-state index contributed by atoms with van der Waals surface area (Å²) in [7, 11) is 0. The van der Waals surface area contributed by atoms with Gasteiger partial charge in [0.1, 0.15) is 0 Å². The first-order chi connectivity index (χ1) is 7.61. The molecule has 1 aromatic heterocycles.